The fraction of sp³-hybridized carbons (Fsp3) is 0.672. The van der Waals surface area contributed by atoms with Crippen LogP contribution in [-0.4, -0.2) is 34.9 Å². The largest absolute Gasteiger partial charge is 0.394 e. The summed E-state index contributed by atoms with van der Waals surface area (Å²) >= 11 is 0. The van der Waals surface area contributed by atoms with Crippen molar-refractivity contribution in [3.63, 3.8) is 0 Å². The van der Waals surface area contributed by atoms with Gasteiger partial charge in [-0.05, 0) is 89.9 Å². The highest BCUT2D eigenvalue weighted by molar-refractivity contribution is 5.76. The lowest BCUT2D eigenvalue weighted by Crippen LogP contribution is -2.45. The summed E-state index contributed by atoms with van der Waals surface area (Å²) in [5.74, 6) is -0.0761. The van der Waals surface area contributed by atoms with Gasteiger partial charge in [-0.25, -0.2) is 0 Å². The lowest BCUT2D eigenvalue weighted by Gasteiger charge is -2.22. The zero-order valence-electron chi connectivity index (χ0n) is 44.6. The topological polar surface area (TPSA) is 69.6 Å². The summed E-state index contributed by atoms with van der Waals surface area (Å²) in [6.07, 6.45) is 88.9. The Bertz CT molecular complexity index is 1340. The molecule has 0 aliphatic rings. The third kappa shape index (κ3) is 53.7. The molecule has 0 aromatic rings. The number of rotatable bonds is 51. The summed E-state index contributed by atoms with van der Waals surface area (Å²) in [5, 5.41) is 23.3. The zero-order valence-corrected chi connectivity index (χ0v) is 44.6. The Hall–Kier alpha value is -3.21. The Balaban J connectivity index is 3.65. The molecule has 0 bridgehead atoms. The van der Waals surface area contributed by atoms with Crippen LogP contribution < -0.4 is 5.32 Å². The van der Waals surface area contributed by atoms with E-state index in [1.807, 2.05) is 0 Å². The summed E-state index contributed by atoms with van der Waals surface area (Å²) in [5.41, 5.74) is 0. The number of hydrogen-bond acceptors (Lipinski definition) is 3. The quantitative estimate of drug-likeness (QED) is 0.0420. The van der Waals surface area contributed by atoms with Crippen LogP contribution in [0.15, 0.2) is 122 Å². The number of aliphatic hydroxyl groups is 2. The van der Waals surface area contributed by atoms with Crippen LogP contribution >= 0.6 is 0 Å². The van der Waals surface area contributed by atoms with Crippen LogP contribution in [0.25, 0.3) is 0 Å². The standard InChI is InChI=1S/C64H109NO3/c1-3-5-7-9-11-13-15-17-19-21-23-25-27-28-29-30-31-32-33-34-35-36-38-40-42-44-46-48-50-52-54-56-58-60-64(68)65-62(61-66)63(67)59-57-55-53-51-49-47-45-43-41-39-37-26-24-22-20-18-16-14-12-10-8-6-4-2/h5,7,11,13,17,19,23,25,28-29,31-32,34-35,38,40,44,46,50,52,62-63,66-67H,3-4,6,8-10,12,14-16,18,20-22,24,26-27,30,33,36-37,39,41-43,45,47-49,51,53-61H2,1-2H3,(H,65,68)/b7-5-,13-11-,19-17-,25-23-,29-28-,32-31-,35-34-,40-38-,46-44-,52-50-. The molecule has 0 radical (unpaired) electrons. The molecule has 68 heavy (non-hydrogen) atoms. The number of hydrogen-bond donors (Lipinski definition) is 3. The van der Waals surface area contributed by atoms with Crippen LogP contribution in [0.3, 0.4) is 0 Å². The minimum absolute atomic E-state index is 0.0761. The van der Waals surface area contributed by atoms with Crippen LogP contribution in [-0.2, 0) is 4.79 Å². The van der Waals surface area contributed by atoms with Gasteiger partial charge in [0.15, 0.2) is 0 Å². The first-order chi connectivity index (χ1) is 33.7. The van der Waals surface area contributed by atoms with Gasteiger partial charge in [0.25, 0.3) is 0 Å². The highest BCUT2D eigenvalue weighted by atomic mass is 16.3. The number of amides is 1. The normalized spacial score (nSPS) is 13.8. The maximum Gasteiger partial charge on any atom is 0.220 e. The fourth-order valence-electron chi connectivity index (χ4n) is 8.15. The number of aliphatic hydroxyl groups excluding tert-OH is 2. The summed E-state index contributed by atoms with van der Waals surface area (Å²) in [7, 11) is 0. The minimum Gasteiger partial charge on any atom is -0.394 e. The van der Waals surface area contributed by atoms with Crippen LogP contribution in [0.2, 0.25) is 0 Å². The summed E-state index contributed by atoms with van der Waals surface area (Å²) in [4.78, 5) is 12.5. The second-order valence-electron chi connectivity index (χ2n) is 19.0. The van der Waals surface area contributed by atoms with Crippen molar-refractivity contribution in [2.75, 3.05) is 6.61 Å². The van der Waals surface area contributed by atoms with Crippen LogP contribution in [0.5, 0.6) is 0 Å². The first-order valence-electron chi connectivity index (χ1n) is 28.7. The molecule has 4 nitrogen and oxygen atoms in total. The average molecular weight is 941 g/mol. The van der Waals surface area contributed by atoms with Gasteiger partial charge in [0.2, 0.25) is 5.91 Å². The summed E-state index contributed by atoms with van der Waals surface area (Å²) in [6, 6.07) is -0.570. The van der Waals surface area contributed by atoms with Crippen LogP contribution in [0.1, 0.15) is 258 Å². The highest BCUT2D eigenvalue weighted by Crippen LogP contribution is 2.16. The van der Waals surface area contributed by atoms with E-state index >= 15 is 0 Å². The van der Waals surface area contributed by atoms with Gasteiger partial charge in [-0.1, -0.05) is 283 Å². The van der Waals surface area contributed by atoms with Crippen molar-refractivity contribution in [2.24, 2.45) is 0 Å². The third-order valence-corrected chi connectivity index (χ3v) is 12.5. The fourth-order valence-corrected chi connectivity index (χ4v) is 8.15. The van der Waals surface area contributed by atoms with Crippen molar-refractivity contribution in [1.29, 1.82) is 0 Å². The summed E-state index contributed by atoms with van der Waals surface area (Å²) in [6.45, 7) is 4.24. The zero-order chi connectivity index (χ0) is 49.2. The third-order valence-electron chi connectivity index (χ3n) is 12.5. The number of nitrogens with one attached hydrogen (secondary N) is 1. The number of allylic oxidation sites excluding steroid dienone is 20. The molecule has 4 heteroatoms. The van der Waals surface area contributed by atoms with E-state index in [1.165, 1.54) is 135 Å². The molecule has 0 aliphatic heterocycles. The first kappa shape index (κ1) is 64.8. The molecule has 0 aromatic carbocycles. The van der Waals surface area contributed by atoms with E-state index in [1.54, 1.807) is 0 Å². The predicted octanol–water partition coefficient (Wildman–Crippen LogP) is 19.2. The Kier molecular flexibility index (Phi) is 55.4. The van der Waals surface area contributed by atoms with Crippen molar-refractivity contribution >= 4 is 5.91 Å². The van der Waals surface area contributed by atoms with Crippen LogP contribution in [0, 0.1) is 0 Å². The monoisotopic (exact) mass is 940 g/mol. The first-order valence-corrected chi connectivity index (χ1v) is 28.7. The second kappa shape index (κ2) is 58.1. The Morgan fingerprint density at radius 2 is 0.647 bits per heavy atom. The van der Waals surface area contributed by atoms with Gasteiger partial charge in [-0.15, -0.1) is 0 Å². The molecule has 0 saturated heterocycles. The van der Waals surface area contributed by atoms with Crippen LogP contribution in [0.4, 0.5) is 0 Å². The van der Waals surface area contributed by atoms with Crippen molar-refractivity contribution < 1.29 is 15.0 Å². The minimum atomic E-state index is -0.688. The molecular formula is C64H109NO3. The number of carbonyl (C=O) groups is 1. The Morgan fingerprint density at radius 1 is 0.368 bits per heavy atom. The summed E-state index contributed by atoms with van der Waals surface area (Å²) < 4.78 is 0. The maximum atomic E-state index is 12.5. The molecule has 1 amide bonds. The van der Waals surface area contributed by atoms with Gasteiger partial charge in [0.05, 0.1) is 18.8 Å². The van der Waals surface area contributed by atoms with Gasteiger partial charge in [-0.2, -0.15) is 0 Å². The van der Waals surface area contributed by atoms with E-state index in [2.05, 4.69) is 141 Å². The molecule has 388 valence electrons. The number of carbonyl (C=O) groups excluding carboxylic acids is 1. The van der Waals surface area contributed by atoms with Gasteiger partial charge in [0, 0.05) is 6.42 Å². The van der Waals surface area contributed by atoms with E-state index < -0.39 is 12.1 Å². The van der Waals surface area contributed by atoms with E-state index in [0.717, 1.165) is 96.3 Å². The molecule has 3 N–H and O–H groups in total. The Labute approximate surface area is 422 Å². The highest BCUT2D eigenvalue weighted by Gasteiger charge is 2.20. The Morgan fingerprint density at radius 3 is 0.941 bits per heavy atom. The molecule has 0 aliphatic carbocycles. The van der Waals surface area contributed by atoms with E-state index in [0.29, 0.717) is 12.8 Å². The molecule has 0 spiro atoms. The van der Waals surface area contributed by atoms with Gasteiger partial charge in [-0.3, -0.25) is 4.79 Å². The molecule has 0 rings (SSSR count). The SMILES string of the molecule is CC/C=C\C/C=C\C/C=C\C/C=C\C/C=C\C/C=C\C/C=C\C/C=C\C/C=C\C/C=C\CCCCC(=O)NC(CO)C(O)CCCCCCCCCCCCCCCCCCCCCCCCC. The molecule has 0 fully saturated rings. The molecule has 0 heterocycles. The van der Waals surface area contributed by atoms with Gasteiger partial charge >= 0.3 is 0 Å². The maximum absolute atomic E-state index is 12.5. The smallest absolute Gasteiger partial charge is 0.220 e. The van der Waals surface area contributed by atoms with E-state index in [9.17, 15) is 15.0 Å². The lowest BCUT2D eigenvalue weighted by molar-refractivity contribution is -0.123. The average Bonchev–Trinajstić information content (AvgIpc) is 3.34. The molecular weight excluding hydrogens is 831 g/mol. The van der Waals surface area contributed by atoms with E-state index in [-0.39, 0.29) is 12.5 Å². The number of unbranched alkanes of at least 4 members (excludes halogenated alkanes) is 24. The van der Waals surface area contributed by atoms with Gasteiger partial charge in [0.1, 0.15) is 0 Å². The van der Waals surface area contributed by atoms with Crippen molar-refractivity contribution in [1.82, 2.24) is 5.32 Å². The lowest BCUT2D eigenvalue weighted by atomic mass is 10.0. The molecule has 2 unspecified atom stereocenters. The van der Waals surface area contributed by atoms with E-state index in [4.69, 9.17) is 0 Å². The molecule has 2 atom stereocenters. The van der Waals surface area contributed by atoms with Gasteiger partial charge < -0.3 is 15.5 Å². The van der Waals surface area contributed by atoms with Crippen molar-refractivity contribution in [2.45, 2.75) is 270 Å². The molecule has 0 aromatic heterocycles. The predicted molar refractivity (Wildman–Crippen MR) is 303 cm³/mol. The van der Waals surface area contributed by atoms with Crippen molar-refractivity contribution in [3.05, 3.63) is 122 Å². The second-order valence-corrected chi connectivity index (χ2v) is 19.0. The molecule has 0 saturated carbocycles. The van der Waals surface area contributed by atoms with Crippen molar-refractivity contribution in [3.8, 4) is 0 Å².